The summed E-state index contributed by atoms with van der Waals surface area (Å²) in [6, 6.07) is 5.21. The van der Waals surface area contributed by atoms with Crippen molar-refractivity contribution in [2.24, 2.45) is 5.10 Å². The van der Waals surface area contributed by atoms with Crippen LogP contribution in [0.5, 0.6) is 11.6 Å². The summed E-state index contributed by atoms with van der Waals surface area (Å²) in [7, 11) is 0. The number of hydrogen-bond acceptors (Lipinski definition) is 9. The Hall–Kier alpha value is -3.76. The van der Waals surface area contributed by atoms with E-state index in [4.69, 9.17) is 33.2 Å². The van der Waals surface area contributed by atoms with Gasteiger partial charge in [0.05, 0.1) is 22.3 Å². The van der Waals surface area contributed by atoms with Gasteiger partial charge in [0.15, 0.2) is 5.75 Å². The molecule has 0 spiro atoms. The van der Waals surface area contributed by atoms with Crippen LogP contribution in [-0.2, 0) is 9.53 Å². The standard InChI is InChI=1S/C20H16Cl2F2N6O5/c1-2-34-19(33)26-17(32)14(8-25)28-27-10-3-12(21)16(13(22)4-10)35-18-11(5-15(31)29-30-18)9-6-20(23,24)7-9/h3-5,9,27H,2,6-7H2,1H3,(H,29,31)(H,26,32,33)/b28-14+. The molecule has 1 aromatic carbocycles. The molecule has 0 atom stereocenters. The van der Waals surface area contributed by atoms with Crippen LogP contribution in [0.15, 0.2) is 28.1 Å². The van der Waals surface area contributed by atoms with Crippen molar-refractivity contribution >= 4 is 46.6 Å². The fourth-order valence-electron chi connectivity index (χ4n) is 3.05. The number of anilines is 1. The first-order valence-electron chi connectivity index (χ1n) is 9.89. The van der Waals surface area contributed by atoms with E-state index in [0.717, 1.165) is 6.07 Å². The number of carbonyl (C=O) groups is 2. The predicted molar refractivity (Wildman–Crippen MR) is 120 cm³/mol. The molecule has 0 aliphatic heterocycles. The summed E-state index contributed by atoms with van der Waals surface area (Å²) in [5.74, 6) is -4.80. The number of amides is 2. The Bertz CT molecular complexity index is 1260. The fraction of sp³-hybridized carbons (Fsp3) is 0.300. The van der Waals surface area contributed by atoms with Crippen LogP contribution in [0.1, 0.15) is 31.2 Å². The Labute approximate surface area is 206 Å². The molecule has 0 bridgehead atoms. The Kier molecular flexibility index (Phi) is 7.88. The zero-order valence-electron chi connectivity index (χ0n) is 17.8. The zero-order chi connectivity index (χ0) is 25.8. The molecular weight excluding hydrogens is 513 g/mol. The van der Waals surface area contributed by atoms with Crippen molar-refractivity contribution in [2.75, 3.05) is 12.0 Å². The van der Waals surface area contributed by atoms with Crippen molar-refractivity contribution in [3.05, 3.63) is 44.2 Å². The van der Waals surface area contributed by atoms with Gasteiger partial charge in [0.25, 0.3) is 11.5 Å². The summed E-state index contributed by atoms with van der Waals surface area (Å²) in [6.07, 6.45) is -1.96. The molecule has 0 unspecified atom stereocenters. The van der Waals surface area contributed by atoms with E-state index in [1.165, 1.54) is 25.1 Å². The van der Waals surface area contributed by atoms with Crippen molar-refractivity contribution in [2.45, 2.75) is 31.6 Å². The molecule has 1 aromatic heterocycles. The Morgan fingerprint density at radius 1 is 1.31 bits per heavy atom. The van der Waals surface area contributed by atoms with Crippen molar-refractivity contribution < 1.29 is 27.8 Å². The lowest BCUT2D eigenvalue weighted by atomic mass is 9.77. The molecule has 2 aromatic rings. The summed E-state index contributed by atoms with van der Waals surface area (Å²) in [5, 5.41) is 20.3. The van der Waals surface area contributed by atoms with Crippen LogP contribution in [0, 0.1) is 11.3 Å². The third-order valence-corrected chi connectivity index (χ3v) is 5.20. The molecule has 3 rings (SSSR count). The molecule has 2 amide bonds. The number of alkyl carbamates (subject to hydrolysis) is 1. The van der Waals surface area contributed by atoms with E-state index in [9.17, 15) is 23.2 Å². The molecule has 1 fully saturated rings. The number of alkyl halides is 2. The van der Waals surface area contributed by atoms with Crippen LogP contribution in [0.25, 0.3) is 0 Å². The van der Waals surface area contributed by atoms with Crippen molar-refractivity contribution in [3.63, 3.8) is 0 Å². The van der Waals surface area contributed by atoms with Crippen LogP contribution in [0.2, 0.25) is 10.0 Å². The maximum absolute atomic E-state index is 13.3. The highest BCUT2D eigenvalue weighted by Gasteiger charge is 2.47. The van der Waals surface area contributed by atoms with Gasteiger partial charge in [0.2, 0.25) is 17.5 Å². The van der Waals surface area contributed by atoms with Crippen molar-refractivity contribution in [1.82, 2.24) is 15.5 Å². The van der Waals surface area contributed by atoms with E-state index in [1.807, 2.05) is 5.32 Å². The number of halogens is 4. The monoisotopic (exact) mass is 528 g/mol. The highest BCUT2D eigenvalue weighted by Crippen LogP contribution is 2.50. The minimum atomic E-state index is -2.83. The number of rotatable bonds is 7. The van der Waals surface area contributed by atoms with E-state index in [2.05, 4.69) is 25.5 Å². The van der Waals surface area contributed by atoms with E-state index in [1.54, 1.807) is 0 Å². The van der Waals surface area contributed by atoms with E-state index < -0.39 is 48.0 Å². The number of nitrogens with one attached hydrogen (secondary N) is 3. The number of ether oxygens (including phenoxy) is 2. The lowest BCUT2D eigenvalue weighted by Gasteiger charge is -2.35. The summed E-state index contributed by atoms with van der Waals surface area (Å²) in [4.78, 5) is 34.9. The number of imide groups is 1. The van der Waals surface area contributed by atoms with Crippen LogP contribution in [-0.4, -0.2) is 40.4 Å². The van der Waals surface area contributed by atoms with Gasteiger partial charge < -0.3 is 9.47 Å². The second-order valence-corrected chi connectivity index (χ2v) is 8.00. The average molecular weight is 529 g/mol. The molecule has 35 heavy (non-hydrogen) atoms. The number of aromatic nitrogens is 2. The highest BCUT2D eigenvalue weighted by atomic mass is 35.5. The Balaban J connectivity index is 1.78. The topological polar surface area (TPSA) is 159 Å². The normalized spacial score (nSPS) is 14.9. The van der Waals surface area contributed by atoms with Crippen LogP contribution < -0.4 is 21.0 Å². The first-order chi connectivity index (χ1) is 16.5. The van der Waals surface area contributed by atoms with Gasteiger partial charge in [-0.3, -0.25) is 20.3 Å². The minimum Gasteiger partial charge on any atom is -0.450 e. The molecule has 1 heterocycles. The molecule has 1 saturated carbocycles. The van der Waals surface area contributed by atoms with Gasteiger partial charge in [-0.25, -0.2) is 18.7 Å². The van der Waals surface area contributed by atoms with E-state index in [-0.39, 0.29) is 39.5 Å². The number of benzene rings is 1. The van der Waals surface area contributed by atoms with Crippen LogP contribution in [0.3, 0.4) is 0 Å². The predicted octanol–water partition coefficient (Wildman–Crippen LogP) is 3.95. The number of aromatic amines is 1. The lowest BCUT2D eigenvalue weighted by molar-refractivity contribution is -0.114. The number of carbonyl (C=O) groups excluding carboxylic acids is 2. The molecule has 0 radical (unpaired) electrons. The van der Waals surface area contributed by atoms with Gasteiger partial charge in [-0.1, -0.05) is 23.2 Å². The largest absolute Gasteiger partial charge is 0.450 e. The van der Waals surface area contributed by atoms with Crippen molar-refractivity contribution in [1.29, 1.82) is 5.26 Å². The lowest BCUT2D eigenvalue weighted by Crippen LogP contribution is -2.36. The number of nitriles is 1. The quantitative estimate of drug-likeness (QED) is 0.359. The first kappa shape index (κ1) is 25.9. The molecular formula is C20H16Cl2F2N6O5. The highest BCUT2D eigenvalue weighted by molar-refractivity contribution is 6.47. The van der Waals surface area contributed by atoms with Crippen LogP contribution >= 0.6 is 23.2 Å². The molecule has 0 saturated heterocycles. The summed E-state index contributed by atoms with van der Waals surface area (Å²) in [6.45, 7) is 1.55. The van der Waals surface area contributed by atoms with Gasteiger partial charge in [-0.2, -0.15) is 10.4 Å². The van der Waals surface area contributed by atoms with Gasteiger partial charge in [-0.15, -0.1) is 5.10 Å². The molecule has 15 heteroatoms. The Morgan fingerprint density at radius 3 is 2.54 bits per heavy atom. The number of H-pyrrole nitrogens is 1. The summed E-state index contributed by atoms with van der Waals surface area (Å²) < 4.78 is 36.8. The number of hydrogen-bond donors (Lipinski definition) is 3. The molecule has 11 nitrogen and oxygen atoms in total. The molecule has 184 valence electrons. The van der Waals surface area contributed by atoms with Gasteiger partial charge >= 0.3 is 6.09 Å². The molecule has 3 N–H and O–H groups in total. The van der Waals surface area contributed by atoms with E-state index >= 15 is 0 Å². The summed E-state index contributed by atoms with van der Waals surface area (Å²) in [5.41, 5.74) is 1.45. The van der Waals surface area contributed by atoms with Gasteiger partial charge in [-0.05, 0) is 19.1 Å². The first-order valence-corrected chi connectivity index (χ1v) is 10.6. The van der Waals surface area contributed by atoms with Crippen LogP contribution in [0.4, 0.5) is 19.3 Å². The maximum atomic E-state index is 13.3. The number of hydrazone groups is 1. The van der Waals surface area contributed by atoms with Crippen molar-refractivity contribution in [3.8, 4) is 17.7 Å². The second kappa shape index (κ2) is 10.7. The third-order valence-electron chi connectivity index (χ3n) is 4.64. The fourth-order valence-corrected chi connectivity index (χ4v) is 3.61. The third kappa shape index (κ3) is 6.43. The smallest absolute Gasteiger partial charge is 0.414 e. The molecule has 1 aliphatic carbocycles. The zero-order valence-corrected chi connectivity index (χ0v) is 19.3. The van der Waals surface area contributed by atoms with E-state index in [0.29, 0.717) is 0 Å². The number of nitrogens with zero attached hydrogens (tertiary/aromatic N) is 3. The van der Waals surface area contributed by atoms with Gasteiger partial charge in [0.1, 0.15) is 6.07 Å². The van der Waals surface area contributed by atoms with Gasteiger partial charge in [0, 0.05) is 30.4 Å². The summed E-state index contributed by atoms with van der Waals surface area (Å²) >= 11 is 12.5. The second-order valence-electron chi connectivity index (χ2n) is 7.18. The average Bonchev–Trinajstić information content (AvgIpc) is 2.76. The minimum absolute atomic E-state index is 0.0189. The Morgan fingerprint density at radius 2 is 1.97 bits per heavy atom. The molecule has 1 aliphatic rings. The maximum Gasteiger partial charge on any atom is 0.414 e. The SMILES string of the molecule is CCOC(=O)NC(=O)/C(C#N)=N/Nc1cc(Cl)c(Oc2n[nH]c(=O)cc2C2CC(F)(F)C2)c(Cl)c1.